The van der Waals surface area contributed by atoms with E-state index in [1.807, 2.05) is 32.0 Å². The number of pyridine rings is 1. The van der Waals surface area contributed by atoms with E-state index in [0.717, 1.165) is 40.0 Å². The number of aromatic amines is 1. The molecule has 0 saturated heterocycles. The molecule has 0 aliphatic rings. The summed E-state index contributed by atoms with van der Waals surface area (Å²) < 4.78 is 13.0. The first-order valence-electron chi connectivity index (χ1n) is 8.58. The number of nitrogens with one attached hydrogen (secondary N) is 2. The molecule has 2 N–H and O–H groups in total. The van der Waals surface area contributed by atoms with Crippen LogP contribution < -0.4 is 5.32 Å². The number of aromatic nitrogens is 3. The number of rotatable bonds is 5. The highest BCUT2D eigenvalue weighted by Crippen LogP contribution is 2.27. The summed E-state index contributed by atoms with van der Waals surface area (Å²) in [5, 5.41) is 11.7. The Kier molecular flexibility index (Phi) is 6.28. The van der Waals surface area contributed by atoms with Crippen LogP contribution in [0.3, 0.4) is 0 Å². The van der Waals surface area contributed by atoms with E-state index in [1.165, 1.54) is 12.3 Å². The van der Waals surface area contributed by atoms with Crippen molar-refractivity contribution in [3.05, 3.63) is 54.7 Å². The molecule has 0 saturated carbocycles. The molecule has 132 valence electrons. The van der Waals surface area contributed by atoms with E-state index in [2.05, 4.69) is 40.9 Å². The van der Waals surface area contributed by atoms with Gasteiger partial charge in [-0.25, -0.2) is 4.98 Å². The van der Waals surface area contributed by atoms with Crippen molar-refractivity contribution >= 4 is 16.6 Å². The van der Waals surface area contributed by atoms with Crippen molar-refractivity contribution in [2.75, 3.05) is 6.54 Å². The first-order valence-corrected chi connectivity index (χ1v) is 8.58. The minimum absolute atomic E-state index is 0.481. The highest BCUT2D eigenvalue weighted by Gasteiger charge is 2.11. The topological polar surface area (TPSA) is 53.6 Å². The van der Waals surface area contributed by atoms with Crippen LogP contribution in [0.25, 0.3) is 27.7 Å². The smallest absolute Gasteiger partial charge is 0.212 e. The second-order valence-corrected chi connectivity index (χ2v) is 5.96. The summed E-state index contributed by atoms with van der Waals surface area (Å²) in [6.45, 7) is 13.2. The summed E-state index contributed by atoms with van der Waals surface area (Å²) in [6, 6.07) is 9.02. The molecule has 5 heteroatoms. The second kappa shape index (κ2) is 8.42. The summed E-state index contributed by atoms with van der Waals surface area (Å²) in [4.78, 5) is 3.71. The average Bonchev–Trinajstić information content (AvgIpc) is 3.05. The molecule has 0 amide bonds. The molecule has 0 spiro atoms. The number of hydrogen-bond acceptors (Lipinski definition) is 3. The average molecular weight is 340 g/mol. The molecule has 2 heterocycles. The lowest BCUT2D eigenvalue weighted by Gasteiger charge is -2.10. The van der Waals surface area contributed by atoms with Crippen LogP contribution >= 0.6 is 0 Å². The van der Waals surface area contributed by atoms with Gasteiger partial charge in [-0.15, -0.1) is 0 Å². The Bertz CT molecular complexity index is 835. The Hall–Kier alpha value is -2.69. The van der Waals surface area contributed by atoms with E-state index < -0.39 is 5.95 Å². The molecule has 0 aliphatic heterocycles. The standard InChI is InChI=1S/C18H19FN4.C2H6/c1-11(2)9-20-12(3)18-15-8-13(4-6-16(15)22-23-18)14-5-7-17(19)21-10-14;1-2/h4-8,10-11,20H,3,9H2,1-2H3,(H,22,23);1-2H3. The molecule has 0 radical (unpaired) electrons. The number of fused-ring (bicyclic) bond motifs is 1. The van der Waals surface area contributed by atoms with Crippen LogP contribution in [0.15, 0.2) is 43.1 Å². The molecule has 3 rings (SSSR count). The fraction of sp³-hybridized carbons (Fsp3) is 0.300. The normalized spacial score (nSPS) is 10.5. The lowest BCUT2D eigenvalue weighted by molar-refractivity contribution is 0.584. The molecule has 0 unspecified atom stereocenters. The van der Waals surface area contributed by atoms with E-state index in [9.17, 15) is 4.39 Å². The zero-order chi connectivity index (χ0) is 18.4. The van der Waals surface area contributed by atoms with Crippen molar-refractivity contribution in [2.45, 2.75) is 27.7 Å². The van der Waals surface area contributed by atoms with Gasteiger partial charge in [0.25, 0.3) is 0 Å². The Balaban J connectivity index is 0.00000109. The van der Waals surface area contributed by atoms with Gasteiger partial charge in [0.1, 0.15) is 5.69 Å². The monoisotopic (exact) mass is 340 g/mol. The Morgan fingerprint density at radius 1 is 1.20 bits per heavy atom. The molecule has 4 nitrogen and oxygen atoms in total. The number of benzene rings is 1. The van der Waals surface area contributed by atoms with E-state index >= 15 is 0 Å². The van der Waals surface area contributed by atoms with Crippen LogP contribution in [-0.2, 0) is 0 Å². The Labute approximate surface area is 148 Å². The molecule has 0 aliphatic carbocycles. The van der Waals surface area contributed by atoms with Gasteiger partial charge in [0.2, 0.25) is 5.95 Å². The molecule has 0 fully saturated rings. The third kappa shape index (κ3) is 4.44. The predicted octanol–water partition coefficient (Wildman–Crippen LogP) is 5.01. The summed E-state index contributed by atoms with van der Waals surface area (Å²) in [5.41, 5.74) is 4.36. The van der Waals surface area contributed by atoms with Gasteiger partial charge in [0.05, 0.1) is 11.2 Å². The molecule has 0 bridgehead atoms. The molecule has 1 aromatic carbocycles. The highest BCUT2D eigenvalue weighted by atomic mass is 19.1. The summed E-state index contributed by atoms with van der Waals surface area (Å²) >= 11 is 0. The maximum absolute atomic E-state index is 13.0. The van der Waals surface area contributed by atoms with Crippen molar-refractivity contribution in [1.82, 2.24) is 20.5 Å². The lowest BCUT2D eigenvalue weighted by Crippen LogP contribution is -2.17. The zero-order valence-corrected chi connectivity index (χ0v) is 15.2. The van der Waals surface area contributed by atoms with Crippen molar-refractivity contribution in [3.63, 3.8) is 0 Å². The Morgan fingerprint density at radius 3 is 2.56 bits per heavy atom. The maximum Gasteiger partial charge on any atom is 0.212 e. The summed E-state index contributed by atoms with van der Waals surface area (Å²) in [6.07, 6.45) is 1.53. The molecular weight excluding hydrogens is 315 g/mol. The number of halogens is 1. The van der Waals surface area contributed by atoms with Crippen LogP contribution in [0.2, 0.25) is 0 Å². The fourth-order valence-corrected chi connectivity index (χ4v) is 2.38. The van der Waals surface area contributed by atoms with Crippen molar-refractivity contribution in [2.24, 2.45) is 5.92 Å². The van der Waals surface area contributed by atoms with Gasteiger partial charge in [-0.3, -0.25) is 5.10 Å². The van der Waals surface area contributed by atoms with Crippen LogP contribution in [-0.4, -0.2) is 21.7 Å². The van der Waals surface area contributed by atoms with Gasteiger partial charge in [-0.2, -0.15) is 9.49 Å². The van der Waals surface area contributed by atoms with Gasteiger partial charge in [-0.05, 0) is 35.7 Å². The third-order valence-electron chi connectivity index (χ3n) is 3.63. The largest absolute Gasteiger partial charge is 0.383 e. The van der Waals surface area contributed by atoms with E-state index in [4.69, 9.17) is 0 Å². The van der Waals surface area contributed by atoms with Gasteiger partial charge in [0.15, 0.2) is 0 Å². The van der Waals surface area contributed by atoms with Crippen molar-refractivity contribution < 1.29 is 4.39 Å². The molecule has 2 aromatic heterocycles. The van der Waals surface area contributed by atoms with Crippen molar-refractivity contribution in [1.29, 1.82) is 0 Å². The quantitative estimate of drug-likeness (QED) is 0.642. The molecular formula is C20H25FN4. The number of hydrogen-bond donors (Lipinski definition) is 2. The van der Waals surface area contributed by atoms with Crippen LogP contribution in [0.4, 0.5) is 4.39 Å². The summed E-state index contributed by atoms with van der Waals surface area (Å²) in [5.74, 6) is 0.0443. The highest BCUT2D eigenvalue weighted by molar-refractivity contribution is 5.92. The first-order chi connectivity index (χ1) is 12.0. The first kappa shape index (κ1) is 18.6. The van der Waals surface area contributed by atoms with E-state index in [0.29, 0.717) is 5.92 Å². The lowest BCUT2D eigenvalue weighted by atomic mass is 10.0. The fourth-order valence-electron chi connectivity index (χ4n) is 2.38. The van der Waals surface area contributed by atoms with Gasteiger partial charge in [0, 0.05) is 23.7 Å². The number of nitrogens with zero attached hydrogens (tertiary/aromatic N) is 2. The SMILES string of the molecule is C=C(NCC(C)C)c1n[nH]c2ccc(-c3ccc(F)nc3)cc12.CC. The second-order valence-electron chi connectivity index (χ2n) is 5.96. The van der Waals surface area contributed by atoms with Crippen LogP contribution in [0, 0.1) is 11.9 Å². The predicted molar refractivity (Wildman–Crippen MR) is 103 cm³/mol. The van der Waals surface area contributed by atoms with E-state index in [-0.39, 0.29) is 0 Å². The van der Waals surface area contributed by atoms with Gasteiger partial charge in [-0.1, -0.05) is 40.3 Å². The molecule has 0 atom stereocenters. The van der Waals surface area contributed by atoms with Gasteiger partial charge < -0.3 is 5.32 Å². The third-order valence-corrected chi connectivity index (χ3v) is 3.63. The van der Waals surface area contributed by atoms with E-state index in [1.54, 1.807) is 6.07 Å². The van der Waals surface area contributed by atoms with Crippen LogP contribution in [0.5, 0.6) is 0 Å². The van der Waals surface area contributed by atoms with Crippen molar-refractivity contribution in [3.8, 4) is 11.1 Å². The minimum Gasteiger partial charge on any atom is -0.383 e. The molecule has 3 aromatic rings. The summed E-state index contributed by atoms with van der Waals surface area (Å²) in [7, 11) is 0. The maximum atomic E-state index is 13.0. The molecule has 25 heavy (non-hydrogen) atoms. The minimum atomic E-state index is -0.481. The number of H-pyrrole nitrogens is 1. The Morgan fingerprint density at radius 2 is 1.92 bits per heavy atom. The van der Waals surface area contributed by atoms with Gasteiger partial charge >= 0.3 is 0 Å². The van der Waals surface area contributed by atoms with Crippen LogP contribution in [0.1, 0.15) is 33.4 Å². The zero-order valence-electron chi connectivity index (χ0n) is 15.2.